The lowest BCUT2D eigenvalue weighted by molar-refractivity contribution is -0.138. The van der Waals surface area contributed by atoms with Crippen molar-refractivity contribution >= 4 is 21.9 Å². The Labute approximate surface area is 109 Å². The molecule has 94 valence electrons. The van der Waals surface area contributed by atoms with E-state index < -0.39 is 5.97 Å². The van der Waals surface area contributed by atoms with Crippen LogP contribution in [0.25, 0.3) is 0 Å². The van der Waals surface area contributed by atoms with E-state index in [2.05, 4.69) is 15.9 Å². The van der Waals surface area contributed by atoms with Crippen LogP contribution in [-0.4, -0.2) is 34.2 Å². The number of carboxylic acids is 1. The Bertz CT molecular complexity index is 395. The number of carbonyl (C=O) groups is 1. The maximum Gasteiger partial charge on any atom is 0.317 e. The molecule has 2 N–H and O–H groups in total. The fourth-order valence-corrected chi connectivity index (χ4v) is 2.04. The smallest absolute Gasteiger partial charge is 0.317 e. The predicted octanol–water partition coefficient (Wildman–Crippen LogP) is 2.45. The van der Waals surface area contributed by atoms with Crippen LogP contribution in [-0.2, 0) is 11.3 Å². The highest BCUT2D eigenvalue weighted by Gasteiger charge is 2.12. The number of phenolic OH excluding ortho intramolecular Hbond substituents is 1. The highest BCUT2D eigenvalue weighted by Crippen LogP contribution is 2.28. The van der Waals surface area contributed by atoms with Crippen LogP contribution < -0.4 is 0 Å². The molecular weight excluding hydrogens is 286 g/mol. The van der Waals surface area contributed by atoms with Crippen LogP contribution in [0.2, 0.25) is 0 Å². The molecule has 0 bridgehead atoms. The van der Waals surface area contributed by atoms with Crippen molar-refractivity contribution < 1.29 is 15.0 Å². The fourth-order valence-electron chi connectivity index (χ4n) is 1.65. The van der Waals surface area contributed by atoms with Crippen molar-refractivity contribution in [2.24, 2.45) is 0 Å². The minimum absolute atomic E-state index is 0.00986. The second kappa shape index (κ2) is 6.61. The summed E-state index contributed by atoms with van der Waals surface area (Å²) in [6.07, 6.45) is 0.893. The van der Waals surface area contributed by atoms with Crippen molar-refractivity contribution in [2.75, 3.05) is 13.1 Å². The predicted molar refractivity (Wildman–Crippen MR) is 69.0 cm³/mol. The molecule has 0 saturated carbocycles. The first-order valence-corrected chi connectivity index (χ1v) is 6.24. The fraction of sp³-hybridized carbons (Fsp3) is 0.417. The maximum atomic E-state index is 10.7. The Hall–Kier alpha value is -1.07. The first-order valence-electron chi connectivity index (χ1n) is 5.45. The molecule has 0 heterocycles. The van der Waals surface area contributed by atoms with Crippen LogP contribution in [0.5, 0.6) is 5.75 Å². The summed E-state index contributed by atoms with van der Waals surface area (Å²) in [5.74, 6) is -0.663. The average Bonchev–Trinajstić information content (AvgIpc) is 2.24. The van der Waals surface area contributed by atoms with Gasteiger partial charge in [0.1, 0.15) is 5.75 Å². The van der Waals surface area contributed by atoms with E-state index in [1.807, 2.05) is 17.9 Å². The van der Waals surface area contributed by atoms with Gasteiger partial charge in [-0.15, -0.1) is 0 Å². The van der Waals surface area contributed by atoms with E-state index in [1.54, 1.807) is 12.1 Å². The van der Waals surface area contributed by atoms with E-state index in [0.717, 1.165) is 12.0 Å². The normalized spacial score (nSPS) is 10.8. The largest absolute Gasteiger partial charge is 0.507 e. The average molecular weight is 302 g/mol. The van der Waals surface area contributed by atoms with Crippen LogP contribution in [0.3, 0.4) is 0 Å². The van der Waals surface area contributed by atoms with Gasteiger partial charge in [0.2, 0.25) is 0 Å². The molecule has 1 aromatic rings. The lowest BCUT2D eigenvalue weighted by Crippen LogP contribution is -2.30. The molecule has 0 atom stereocenters. The molecule has 1 rings (SSSR count). The van der Waals surface area contributed by atoms with Crippen molar-refractivity contribution in [3.8, 4) is 5.75 Å². The Morgan fingerprint density at radius 3 is 2.76 bits per heavy atom. The Morgan fingerprint density at radius 2 is 2.18 bits per heavy atom. The van der Waals surface area contributed by atoms with Gasteiger partial charge in [-0.1, -0.05) is 19.1 Å². The minimum Gasteiger partial charge on any atom is -0.507 e. The molecule has 0 aliphatic carbocycles. The van der Waals surface area contributed by atoms with E-state index in [4.69, 9.17) is 5.11 Å². The van der Waals surface area contributed by atoms with Crippen molar-refractivity contribution in [1.29, 1.82) is 0 Å². The van der Waals surface area contributed by atoms with Crippen LogP contribution in [0.4, 0.5) is 0 Å². The van der Waals surface area contributed by atoms with Gasteiger partial charge in [-0.05, 0) is 40.5 Å². The molecule has 0 radical (unpaired) electrons. The van der Waals surface area contributed by atoms with Crippen LogP contribution in [0.15, 0.2) is 22.7 Å². The van der Waals surface area contributed by atoms with Crippen LogP contribution >= 0.6 is 15.9 Å². The molecule has 0 unspecified atom stereocenters. The molecule has 0 aliphatic heterocycles. The Morgan fingerprint density at radius 1 is 1.47 bits per heavy atom. The molecular formula is C12H16BrNO3. The first-order chi connectivity index (χ1) is 8.04. The van der Waals surface area contributed by atoms with Gasteiger partial charge in [-0.25, -0.2) is 0 Å². The van der Waals surface area contributed by atoms with E-state index in [9.17, 15) is 9.90 Å². The molecule has 0 aliphatic rings. The number of benzene rings is 1. The highest BCUT2D eigenvalue weighted by atomic mass is 79.9. The van der Waals surface area contributed by atoms with Crippen LogP contribution in [0, 0.1) is 0 Å². The summed E-state index contributed by atoms with van der Waals surface area (Å²) in [4.78, 5) is 12.6. The zero-order chi connectivity index (χ0) is 12.8. The number of nitrogens with zero attached hydrogens (tertiary/aromatic N) is 1. The molecule has 0 amide bonds. The molecule has 0 fully saturated rings. The Balaban J connectivity index is 2.78. The molecule has 1 aromatic carbocycles. The summed E-state index contributed by atoms with van der Waals surface area (Å²) in [5.41, 5.74) is 0.889. The number of aliphatic carboxylic acids is 1. The van der Waals surface area contributed by atoms with Crippen molar-refractivity contribution in [1.82, 2.24) is 4.90 Å². The third kappa shape index (κ3) is 4.36. The first kappa shape index (κ1) is 14.0. The zero-order valence-corrected chi connectivity index (χ0v) is 11.3. The molecule has 4 nitrogen and oxygen atoms in total. The summed E-state index contributed by atoms with van der Waals surface area (Å²) >= 11 is 3.30. The number of carboxylic acid groups (broad SMARTS) is 1. The maximum absolute atomic E-state index is 10.7. The molecule has 17 heavy (non-hydrogen) atoms. The van der Waals surface area contributed by atoms with Gasteiger partial charge in [0.25, 0.3) is 0 Å². The summed E-state index contributed by atoms with van der Waals surface area (Å²) in [6, 6.07) is 5.21. The summed E-state index contributed by atoms with van der Waals surface area (Å²) in [5, 5.41) is 18.4. The van der Waals surface area contributed by atoms with Crippen molar-refractivity contribution in [2.45, 2.75) is 19.9 Å². The second-order valence-corrected chi connectivity index (χ2v) is 4.65. The summed E-state index contributed by atoms with van der Waals surface area (Å²) in [7, 11) is 0. The quantitative estimate of drug-likeness (QED) is 0.847. The van der Waals surface area contributed by atoms with E-state index in [0.29, 0.717) is 17.6 Å². The van der Waals surface area contributed by atoms with E-state index >= 15 is 0 Å². The topological polar surface area (TPSA) is 60.8 Å². The van der Waals surface area contributed by atoms with Crippen molar-refractivity contribution in [3.05, 3.63) is 28.2 Å². The van der Waals surface area contributed by atoms with Gasteiger partial charge in [0, 0.05) is 6.54 Å². The Kier molecular flexibility index (Phi) is 5.44. The standard InChI is InChI=1S/C12H16BrNO3/c1-2-6-14(8-11(16)17)7-9-4-3-5-10(15)12(9)13/h3-5,15H,2,6-8H2,1H3,(H,16,17). The number of hydrogen-bond acceptors (Lipinski definition) is 3. The molecule has 0 spiro atoms. The summed E-state index contributed by atoms with van der Waals surface area (Å²) in [6.45, 7) is 3.24. The van der Waals surface area contributed by atoms with E-state index in [-0.39, 0.29) is 12.3 Å². The monoisotopic (exact) mass is 301 g/mol. The second-order valence-electron chi connectivity index (χ2n) is 3.85. The highest BCUT2D eigenvalue weighted by molar-refractivity contribution is 9.10. The number of halogens is 1. The third-order valence-corrected chi connectivity index (χ3v) is 3.27. The molecule has 0 aromatic heterocycles. The van der Waals surface area contributed by atoms with Gasteiger partial charge in [0.05, 0.1) is 11.0 Å². The number of hydrogen-bond donors (Lipinski definition) is 2. The van der Waals surface area contributed by atoms with Crippen LogP contribution in [0.1, 0.15) is 18.9 Å². The van der Waals surface area contributed by atoms with Crippen molar-refractivity contribution in [3.63, 3.8) is 0 Å². The zero-order valence-electron chi connectivity index (χ0n) is 9.69. The SMILES string of the molecule is CCCN(CC(=O)O)Cc1cccc(O)c1Br. The minimum atomic E-state index is -0.838. The molecule has 5 heteroatoms. The summed E-state index contributed by atoms with van der Waals surface area (Å²) < 4.78 is 0.631. The van der Waals surface area contributed by atoms with Gasteiger partial charge in [-0.3, -0.25) is 9.69 Å². The number of rotatable bonds is 6. The van der Waals surface area contributed by atoms with Gasteiger partial charge in [-0.2, -0.15) is 0 Å². The number of phenols is 1. The third-order valence-electron chi connectivity index (χ3n) is 2.35. The van der Waals surface area contributed by atoms with E-state index in [1.165, 1.54) is 0 Å². The van der Waals surface area contributed by atoms with Gasteiger partial charge >= 0.3 is 5.97 Å². The van der Waals surface area contributed by atoms with Gasteiger partial charge in [0.15, 0.2) is 0 Å². The molecule has 0 saturated heterocycles. The lowest BCUT2D eigenvalue weighted by atomic mass is 10.2. The number of aromatic hydroxyl groups is 1. The van der Waals surface area contributed by atoms with Gasteiger partial charge < -0.3 is 10.2 Å². The lowest BCUT2D eigenvalue weighted by Gasteiger charge is -2.20.